The molecule has 17 heavy (non-hydrogen) atoms. The summed E-state index contributed by atoms with van der Waals surface area (Å²) in [4.78, 5) is 0. The molecule has 3 N–H and O–H groups in total. The molecule has 2 unspecified atom stereocenters. The van der Waals surface area contributed by atoms with Crippen molar-refractivity contribution in [1.82, 2.24) is 9.44 Å². The van der Waals surface area contributed by atoms with E-state index in [0.717, 1.165) is 25.7 Å². The van der Waals surface area contributed by atoms with Gasteiger partial charge in [0.15, 0.2) is 0 Å². The van der Waals surface area contributed by atoms with E-state index in [1.165, 1.54) is 0 Å². The molecule has 0 amide bonds. The van der Waals surface area contributed by atoms with Crippen LogP contribution in [0.25, 0.3) is 0 Å². The molecule has 0 aromatic carbocycles. The number of aliphatic hydroxyl groups is 1. The van der Waals surface area contributed by atoms with Gasteiger partial charge < -0.3 is 5.11 Å². The third-order valence-electron chi connectivity index (χ3n) is 2.85. The smallest absolute Gasteiger partial charge is 0.277 e. The Balaban J connectivity index is 2.44. The highest BCUT2D eigenvalue weighted by atomic mass is 32.2. The molecule has 1 aliphatic rings. The van der Waals surface area contributed by atoms with Gasteiger partial charge in [-0.25, -0.2) is 4.72 Å². The van der Waals surface area contributed by atoms with E-state index in [2.05, 4.69) is 9.44 Å². The lowest BCUT2D eigenvalue weighted by molar-refractivity contribution is 0.0724. The second-order valence-corrected chi connectivity index (χ2v) is 7.32. The van der Waals surface area contributed by atoms with Crippen LogP contribution in [0.4, 0.5) is 0 Å². The van der Waals surface area contributed by atoms with Crippen LogP contribution >= 0.6 is 0 Å². The molecular formula is C11H24N2O3S. The van der Waals surface area contributed by atoms with Crippen LogP contribution in [-0.2, 0) is 10.2 Å². The quantitative estimate of drug-likeness (QED) is 0.701. The van der Waals surface area contributed by atoms with Gasteiger partial charge in [0.2, 0.25) is 0 Å². The van der Waals surface area contributed by atoms with E-state index >= 15 is 0 Å². The minimum absolute atomic E-state index is 0.0419. The summed E-state index contributed by atoms with van der Waals surface area (Å²) in [6, 6.07) is 0. The molecule has 1 saturated carbocycles. The molecule has 5 nitrogen and oxygen atoms in total. The second kappa shape index (κ2) is 5.65. The van der Waals surface area contributed by atoms with Crippen molar-refractivity contribution in [2.75, 3.05) is 6.54 Å². The third-order valence-corrected chi connectivity index (χ3v) is 4.27. The van der Waals surface area contributed by atoms with Gasteiger partial charge in [0.25, 0.3) is 10.2 Å². The third kappa shape index (κ3) is 5.81. The van der Waals surface area contributed by atoms with Crippen molar-refractivity contribution in [3.8, 4) is 0 Å². The summed E-state index contributed by atoms with van der Waals surface area (Å²) in [5.74, 6) is 0.0419. The highest BCUT2D eigenvalue weighted by Gasteiger charge is 2.26. The first kappa shape index (κ1) is 14.9. The van der Waals surface area contributed by atoms with E-state index < -0.39 is 15.7 Å². The zero-order valence-corrected chi connectivity index (χ0v) is 11.7. The minimum atomic E-state index is -3.47. The first-order valence-electron chi connectivity index (χ1n) is 6.16. The summed E-state index contributed by atoms with van der Waals surface area (Å²) in [5, 5.41) is 9.74. The lowest BCUT2D eigenvalue weighted by atomic mass is 9.87. The van der Waals surface area contributed by atoms with E-state index in [4.69, 9.17) is 0 Å². The number of hydrogen-bond acceptors (Lipinski definition) is 3. The Kier molecular flexibility index (Phi) is 4.95. The number of nitrogens with one attached hydrogen (secondary N) is 2. The molecule has 1 aliphatic carbocycles. The first-order valence-corrected chi connectivity index (χ1v) is 7.64. The van der Waals surface area contributed by atoms with Crippen LogP contribution in [0.5, 0.6) is 0 Å². The van der Waals surface area contributed by atoms with E-state index in [9.17, 15) is 13.5 Å². The molecule has 2 atom stereocenters. The molecular weight excluding hydrogens is 240 g/mol. The average Bonchev–Trinajstić information content (AvgIpc) is 2.13. The summed E-state index contributed by atoms with van der Waals surface area (Å²) in [6.45, 7) is 5.69. The van der Waals surface area contributed by atoms with Gasteiger partial charge in [-0.2, -0.15) is 13.1 Å². The first-order chi connectivity index (χ1) is 7.70. The average molecular weight is 264 g/mol. The van der Waals surface area contributed by atoms with E-state index in [1.807, 2.05) is 0 Å². The molecule has 0 spiro atoms. The molecule has 0 bridgehead atoms. The van der Waals surface area contributed by atoms with Crippen LogP contribution in [-0.4, -0.2) is 31.7 Å². The van der Waals surface area contributed by atoms with E-state index in [1.54, 1.807) is 20.8 Å². The summed E-state index contributed by atoms with van der Waals surface area (Å²) in [5.41, 5.74) is -0.489. The van der Waals surface area contributed by atoms with Crippen molar-refractivity contribution in [2.45, 2.75) is 58.1 Å². The van der Waals surface area contributed by atoms with Crippen molar-refractivity contribution in [3.63, 3.8) is 0 Å². The largest absolute Gasteiger partial charge is 0.393 e. The molecule has 0 aromatic rings. The van der Waals surface area contributed by atoms with Gasteiger partial charge in [0.1, 0.15) is 0 Å². The lowest BCUT2D eigenvalue weighted by Crippen LogP contribution is -2.48. The van der Waals surface area contributed by atoms with Crippen LogP contribution in [0.2, 0.25) is 0 Å². The molecule has 1 fully saturated rings. The second-order valence-electron chi connectivity index (χ2n) is 5.82. The molecule has 0 saturated heterocycles. The maximum Gasteiger partial charge on any atom is 0.277 e. The molecule has 0 aromatic heterocycles. The summed E-state index contributed by atoms with van der Waals surface area (Å²) in [6.07, 6.45) is 3.39. The predicted molar refractivity (Wildman–Crippen MR) is 67.8 cm³/mol. The summed E-state index contributed by atoms with van der Waals surface area (Å²) >= 11 is 0. The lowest BCUT2D eigenvalue weighted by Gasteiger charge is -2.28. The summed E-state index contributed by atoms with van der Waals surface area (Å²) in [7, 11) is -3.47. The topological polar surface area (TPSA) is 78.4 Å². The number of hydrogen-bond donors (Lipinski definition) is 3. The van der Waals surface area contributed by atoms with Crippen LogP contribution < -0.4 is 9.44 Å². The van der Waals surface area contributed by atoms with E-state index in [-0.39, 0.29) is 12.0 Å². The maximum atomic E-state index is 11.7. The van der Waals surface area contributed by atoms with Crippen molar-refractivity contribution in [2.24, 2.45) is 5.92 Å². The number of rotatable bonds is 4. The van der Waals surface area contributed by atoms with Crippen molar-refractivity contribution >= 4 is 10.2 Å². The normalized spacial score (nSPS) is 27.1. The van der Waals surface area contributed by atoms with E-state index in [0.29, 0.717) is 6.54 Å². The fraction of sp³-hybridized carbons (Fsp3) is 1.00. The Bertz CT molecular complexity index is 335. The van der Waals surface area contributed by atoms with Crippen LogP contribution in [0, 0.1) is 5.92 Å². The van der Waals surface area contributed by atoms with Gasteiger partial charge in [-0.1, -0.05) is 12.8 Å². The molecule has 0 heterocycles. The molecule has 0 radical (unpaired) electrons. The standard InChI is InChI=1S/C11H24N2O3S/c1-11(2,3)13-17(15,16)12-8-9-6-4-5-7-10(9)14/h9-10,12-14H,4-8H2,1-3H3. The molecule has 102 valence electrons. The van der Waals surface area contributed by atoms with Gasteiger partial charge in [0, 0.05) is 12.1 Å². The Hall–Kier alpha value is -0.170. The molecule has 6 heteroatoms. The van der Waals surface area contributed by atoms with Crippen molar-refractivity contribution in [3.05, 3.63) is 0 Å². The molecule has 1 rings (SSSR count). The SMILES string of the molecule is CC(C)(C)NS(=O)(=O)NCC1CCCCC1O. The Morgan fingerprint density at radius 1 is 1.24 bits per heavy atom. The monoisotopic (exact) mass is 264 g/mol. The van der Waals surface area contributed by atoms with Gasteiger partial charge in [-0.3, -0.25) is 0 Å². The molecule has 0 aliphatic heterocycles. The predicted octanol–water partition coefficient (Wildman–Crippen LogP) is 0.760. The fourth-order valence-electron chi connectivity index (χ4n) is 2.08. The van der Waals surface area contributed by atoms with Crippen LogP contribution in [0.15, 0.2) is 0 Å². The zero-order valence-electron chi connectivity index (χ0n) is 10.9. The van der Waals surface area contributed by atoms with Gasteiger partial charge in [-0.15, -0.1) is 0 Å². The zero-order chi connectivity index (χ0) is 13.1. The Morgan fingerprint density at radius 2 is 1.82 bits per heavy atom. The van der Waals surface area contributed by atoms with Gasteiger partial charge in [-0.05, 0) is 39.5 Å². The fourth-order valence-corrected chi connectivity index (χ4v) is 3.39. The highest BCUT2D eigenvalue weighted by molar-refractivity contribution is 7.87. The highest BCUT2D eigenvalue weighted by Crippen LogP contribution is 2.23. The van der Waals surface area contributed by atoms with Crippen molar-refractivity contribution < 1.29 is 13.5 Å². The van der Waals surface area contributed by atoms with Crippen LogP contribution in [0.3, 0.4) is 0 Å². The minimum Gasteiger partial charge on any atom is -0.393 e. The Labute approximate surface area is 104 Å². The summed E-state index contributed by atoms with van der Waals surface area (Å²) < 4.78 is 28.4. The van der Waals surface area contributed by atoms with Crippen LogP contribution in [0.1, 0.15) is 46.5 Å². The van der Waals surface area contributed by atoms with Crippen molar-refractivity contribution in [1.29, 1.82) is 0 Å². The Morgan fingerprint density at radius 3 is 2.35 bits per heavy atom. The number of aliphatic hydroxyl groups excluding tert-OH is 1. The van der Waals surface area contributed by atoms with Gasteiger partial charge >= 0.3 is 0 Å². The van der Waals surface area contributed by atoms with Gasteiger partial charge in [0.05, 0.1) is 6.10 Å². The maximum absolute atomic E-state index is 11.7.